The summed E-state index contributed by atoms with van der Waals surface area (Å²) in [4.78, 5) is 6.93. The molecule has 0 atom stereocenters. The number of hydrogen-bond acceptors (Lipinski definition) is 4. The standard InChI is InChI=1S/C16H21N3O.ClH/c1-19(13-5-7-17-8-6-13)14-9-12-3-4-15(20-2)10-16(12)18-11-14;/h3-4,9-11,13,17H,5-8H2,1-2H3;1H. The van der Waals surface area contributed by atoms with Crippen LogP contribution in [0.15, 0.2) is 30.5 Å². The monoisotopic (exact) mass is 307 g/mol. The Hall–Kier alpha value is -1.52. The summed E-state index contributed by atoms with van der Waals surface area (Å²) in [6.07, 6.45) is 4.35. The van der Waals surface area contributed by atoms with Crippen LogP contribution in [0, 0.1) is 0 Å². The molecule has 2 heterocycles. The van der Waals surface area contributed by atoms with Gasteiger partial charge < -0.3 is 15.0 Å². The maximum absolute atomic E-state index is 5.24. The highest BCUT2D eigenvalue weighted by atomic mass is 35.5. The SMILES string of the molecule is COc1ccc2cc(N(C)C3CCNCC3)cnc2c1.Cl. The Labute approximate surface area is 131 Å². The maximum atomic E-state index is 5.24. The van der Waals surface area contributed by atoms with E-state index >= 15 is 0 Å². The molecule has 1 aliphatic rings. The number of piperidine rings is 1. The maximum Gasteiger partial charge on any atom is 0.121 e. The highest BCUT2D eigenvalue weighted by molar-refractivity contribution is 5.85. The van der Waals surface area contributed by atoms with Crippen LogP contribution < -0.4 is 15.0 Å². The number of hydrogen-bond donors (Lipinski definition) is 1. The van der Waals surface area contributed by atoms with E-state index in [4.69, 9.17) is 4.74 Å². The highest BCUT2D eigenvalue weighted by Crippen LogP contribution is 2.25. The second-order valence-electron chi connectivity index (χ2n) is 5.34. The van der Waals surface area contributed by atoms with Gasteiger partial charge in [-0.05, 0) is 44.1 Å². The van der Waals surface area contributed by atoms with Gasteiger partial charge in [-0.1, -0.05) is 0 Å². The molecule has 0 bridgehead atoms. The molecule has 1 N–H and O–H groups in total. The van der Waals surface area contributed by atoms with Crippen molar-refractivity contribution in [1.82, 2.24) is 10.3 Å². The fraction of sp³-hybridized carbons (Fsp3) is 0.438. The van der Waals surface area contributed by atoms with E-state index in [0.717, 1.165) is 29.7 Å². The van der Waals surface area contributed by atoms with Crippen molar-refractivity contribution in [2.75, 3.05) is 32.1 Å². The van der Waals surface area contributed by atoms with Gasteiger partial charge in [0.2, 0.25) is 0 Å². The molecule has 5 heteroatoms. The van der Waals surface area contributed by atoms with Gasteiger partial charge in [0.05, 0.1) is 24.5 Å². The summed E-state index contributed by atoms with van der Waals surface area (Å²) >= 11 is 0. The molecule has 21 heavy (non-hydrogen) atoms. The molecule has 0 spiro atoms. The topological polar surface area (TPSA) is 37.4 Å². The molecule has 1 aliphatic heterocycles. The zero-order valence-corrected chi connectivity index (χ0v) is 13.3. The van der Waals surface area contributed by atoms with Crippen molar-refractivity contribution in [2.24, 2.45) is 0 Å². The first-order valence-corrected chi connectivity index (χ1v) is 7.15. The molecule has 0 aliphatic carbocycles. The van der Waals surface area contributed by atoms with Crippen LogP contribution in [0.3, 0.4) is 0 Å². The molecule has 3 rings (SSSR count). The van der Waals surface area contributed by atoms with Gasteiger partial charge in [0.25, 0.3) is 0 Å². The second kappa shape index (κ2) is 6.96. The smallest absolute Gasteiger partial charge is 0.121 e. The van der Waals surface area contributed by atoms with Crippen LogP contribution in [0.25, 0.3) is 10.9 Å². The Morgan fingerprint density at radius 3 is 2.71 bits per heavy atom. The van der Waals surface area contributed by atoms with Crippen LogP contribution in [-0.2, 0) is 0 Å². The van der Waals surface area contributed by atoms with Crippen LogP contribution in [0.2, 0.25) is 0 Å². The zero-order chi connectivity index (χ0) is 13.9. The van der Waals surface area contributed by atoms with E-state index in [1.807, 2.05) is 18.3 Å². The molecule has 0 unspecified atom stereocenters. The quantitative estimate of drug-likeness (QED) is 0.946. The Kier molecular flexibility index (Phi) is 5.26. The van der Waals surface area contributed by atoms with E-state index in [-0.39, 0.29) is 12.4 Å². The number of benzene rings is 1. The van der Waals surface area contributed by atoms with Gasteiger partial charge in [-0.3, -0.25) is 4.98 Å². The van der Waals surface area contributed by atoms with Crippen LogP contribution in [0.1, 0.15) is 12.8 Å². The van der Waals surface area contributed by atoms with E-state index in [2.05, 4.69) is 34.4 Å². The van der Waals surface area contributed by atoms with Gasteiger partial charge >= 0.3 is 0 Å². The molecule has 1 aromatic carbocycles. The molecular weight excluding hydrogens is 286 g/mol. The average molecular weight is 308 g/mol. The van der Waals surface area contributed by atoms with Gasteiger partial charge in [-0.15, -0.1) is 12.4 Å². The van der Waals surface area contributed by atoms with E-state index in [1.165, 1.54) is 18.5 Å². The average Bonchev–Trinajstić information content (AvgIpc) is 2.54. The van der Waals surface area contributed by atoms with Gasteiger partial charge in [0, 0.05) is 24.5 Å². The second-order valence-corrected chi connectivity index (χ2v) is 5.34. The van der Waals surface area contributed by atoms with E-state index < -0.39 is 0 Å². The minimum Gasteiger partial charge on any atom is -0.497 e. The first-order chi connectivity index (χ1) is 9.78. The minimum atomic E-state index is 0. The van der Waals surface area contributed by atoms with Crippen LogP contribution in [0.5, 0.6) is 5.75 Å². The normalized spacial score (nSPS) is 15.5. The van der Waals surface area contributed by atoms with E-state index in [0.29, 0.717) is 6.04 Å². The first kappa shape index (κ1) is 15.9. The highest BCUT2D eigenvalue weighted by Gasteiger charge is 2.18. The van der Waals surface area contributed by atoms with Gasteiger partial charge in [0.1, 0.15) is 5.75 Å². The number of nitrogens with zero attached hydrogens (tertiary/aromatic N) is 2. The first-order valence-electron chi connectivity index (χ1n) is 7.15. The third-order valence-corrected chi connectivity index (χ3v) is 4.14. The molecule has 1 aromatic heterocycles. The summed E-state index contributed by atoms with van der Waals surface area (Å²) in [6.45, 7) is 2.21. The minimum absolute atomic E-state index is 0. The summed E-state index contributed by atoms with van der Waals surface area (Å²) in [6, 6.07) is 8.85. The van der Waals surface area contributed by atoms with Crippen molar-refractivity contribution in [2.45, 2.75) is 18.9 Å². The number of pyridine rings is 1. The number of nitrogens with one attached hydrogen (secondary N) is 1. The Balaban J connectivity index is 0.00000161. The predicted octanol–water partition coefficient (Wildman–Crippen LogP) is 2.85. The summed E-state index contributed by atoms with van der Waals surface area (Å²) in [7, 11) is 3.85. The molecule has 4 nitrogen and oxygen atoms in total. The van der Waals surface area contributed by atoms with E-state index in [9.17, 15) is 0 Å². The third-order valence-electron chi connectivity index (χ3n) is 4.14. The molecule has 2 aromatic rings. The van der Waals surface area contributed by atoms with Crippen molar-refractivity contribution >= 4 is 29.0 Å². The van der Waals surface area contributed by atoms with Gasteiger partial charge in [0.15, 0.2) is 0 Å². The van der Waals surface area contributed by atoms with Crippen molar-refractivity contribution in [3.8, 4) is 5.75 Å². The van der Waals surface area contributed by atoms with Gasteiger partial charge in [-0.2, -0.15) is 0 Å². The number of halogens is 1. The molecular formula is C16H22ClN3O. The lowest BCUT2D eigenvalue weighted by Gasteiger charge is -2.33. The Morgan fingerprint density at radius 2 is 2.00 bits per heavy atom. The molecule has 0 amide bonds. The van der Waals surface area contributed by atoms with Crippen molar-refractivity contribution in [3.05, 3.63) is 30.5 Å². The molecule has 1 saturated heterocycles. The lowest BCUT2D eigenvalue weighted by molar-refractivity contribution is 0.415. The molecule has 0 saturated carbocycles. The summed E-state index contributed by atoms with van der Waals surface area (Å²) in [5.41, 5.74) is 2.17. The molecule has 114 valence electrons. The fourth-order valence-corrected chi connectivity index (χ4v) is 2.81. The lowest BCUT2D eigenvalue weighted by Crippen LogP contribution is -2.41. The Morgan fingerprint density at radius 1 is 1.24 bits per heavy atom. The summed E-state index contributed by atoms with van der Waals surface area (Å²) in [5, 5.41) is 4.56. The molecule has 1 fully saturated rings. The van der Waals surface area contributed by atoms with Gasteiger partial charge in [-0.25, -0.2) is 0 Å². The number of rotatable bonds is 3. The van der Waals surface area contributed by atoms with Crippen molar-refractivity contribution in [3.63, 3.8) is 0 Å². The van der Waals surface area contributed by atoms with Crippen molar-refractivity contribution in [1.29, 1.82) is 0 Å². The summed E-state index contributed by atoms with van der Waals surface area (Å²) in [5.74, 6) is 0.851. The number of methoxy groups -OCH3 is 1. The number of aromatic nitrogens is 1. The third kappa shape index (κ3) is 3.39. The van der Waals surface area contributed by atoms with E-state index in [1.54, 1.807) is 7.11 Å². The molecule has 0 radical (unpaired) electrons. The Bertz CT molecular complexity index is 599. The van der Waals surface area contributed by atoms with Crippen LogP contribution in [0.4, 0.5) is 5.69 Å². The number of anilines is 1. The lowest BCUT2D eigenvalue weighted by atomic mass is 10.0. The number of ether oxygens (including phenoxy) is 1. The predicted molar refractivity (Wildman–Crippen MR) is 89.8 cm³/mol. The number of fused-ring (bicyclic) bond motifs is 1. The van der Waals surface area contributed by atoms with Crippen molar-refractivity contribution < 1.29 is 4.74 Å². The van der Waals surface area contributed by atoms with Crippen LogP contribution >= 0.6 is 12.4 Å². The fourth-order valence-electron chi connectivity index (χ4n) is 2.81. The zero-order valence-electron chi connectivity index (χ0n) is 12.5. The summed E-state index contributed by atoms with van der Waals surface area (Å²) < 4.78 is 5.24. The van der Waals surface area contributed by atoms with Crippen LogP contribution in [-0.4, -0.2) is 38.3 Å². The largest absolute Gasteiger partial charge is 0.497 e.